The summed E-state index contributed by atoms with van der Waals surface area (Å²) >= 11 is 0. The molecule has 3 N–H and O–H groups in total. The van der Waals surface area contributed by atoms with Gasteiger partial charge in [-0.1, -0.05) is 12.1 Å². The van der Waals surface area contributed by atoms with Crippen molar-refractivity contribution in [3.63, 3.8) is 0 Å². The van der Waals surface area contributed by atoms with E-state index in [4.69, 9.17) is 16.7 Å². The third kappa shape index (κ3) is 2.67. The standard InChI is InChI=1S/C14H12N4O2/c1-9(19)18-11-5-3-10(4-6-11)12-7-20-14(17-8-15)13(12)16-2/h3-8H,1H3,(H2,15,17)(H,18,19). The topological polar surface area (TPSA) is 85.0 Å². The minimum Gasteiger partial charge on any atom is -0.457 e. The van der Waals surface area contributed by atoms with Gasteiger partial charge in [0.1, 0.15) is 0 Å². The maximum atomic E-state index is 11.0. The van der Waals surface area contributed by atoms with E-state index in [2.05, 4.69) is 15.2 Å². The summed E-state index contributed by atoms with van der Waals surface area (Å²) in [5.41, 5.74) is 7.63. The second-order valence-electron chi connectivity index (χ2n) is 3.95. The Balaban J connectivity index is 2.37. The zero-order chi connectivity index (χ0) is 14.5. The molecule has 2 rings (SSSR count). The molecule has 0 unspecified atom stereocenters. The monoisotopic (exact) mass is 268 g/mol. The van der Waals surface area contributed by atoms with Gasteiger partial charge in [-0.15, -0.1) is 0 Å². The molecule has 0 atom stereocenters. The Morgan fingerprint density at radius 1 is 1.45 bits per heavy atom. The summed E-state index contributed by atoms with van der Waals surface area (Å²) in [5, 5.41) is 2.67. The molecule has 100 valence electrons. The molecule has 0 saturated carbocycles. The molecule has 0 aliphatic carbocycles. The van der Waals surface area contributed by atoms with Gasteiger partial charge in [0.25, 0.3) is 5.69 Å². The Morgan fingerprint density at radius 3 is 2.70 bits per heavy atom. The number of nitrogens with two attached hydrogens (primary N) is 1. The molecule has 2 aromatic rings. The minimum absolute atomic E-state index is 0.137. The zero-order valence-corrected chi connectivity index (χ0v) is 10.8. The van der Waals surface area contributed by atoms with Crippen LogP contribution in [0.15, 0.2) is 39.9 Å². The summed E-state index contributed by atoms with van der Waals surface area (Å²) < 4.78 is 5.21. The van der Waals surface area contributed by atoms with E-state index in [1.807, 2.05) is 0 Å². The van der Waals surface area contributed by atoms with Gasteiger partial charge in [0.2, 0.25) is 11.8 Å². The quantitative estimate of drug-likeness (QED) is 0.509. The lowest BCUT2D eigenvalue weighted by Crippen LogP contribution is -2.05. The van der Waals surface area contributed by atoms with Crippen LogP contribution in [0.5, 0.6) is 0 Å². The van der Waals surface area contributed by atoms with Crippen LogP contribution in [0.25, 0.3) is 16.0 Å². The summed E-state index contributed by atoms with van der Waals surface area (Å²) in [6, 6.07) is 7.09. The first-order valence-corrected chi connectivity index (χ1v) is 5.77. The molecule has 1 aromatic heterocycles. The molecule has 20 heavy (non-hydrogen) atoms. The van der Waals surface area contributed by atoms with E-state index in [-0.39, 0.29) is 11.8 Å². The summed E-state index contributed by atoms with van der Waals surface area (Å²) in [5.74, 6) is 0.0471. The summed E-state index contributed by atoms with van der Waals surface area (Å²) in [6.07, 6.45) is 2.54. The van der Waals surface area contributed by atoms with Gasteiger partial charge in [0.05, 0.1) is 19.2 Å². The number of carbonyl (C=O) groups is 1. The second-order valence-corrected chi connectivity index (χ2v) is 3.95. The molecule has 0 fully saturated rings. The third-order valence-corrected chi connectivity index (χ3v) is 2.57. The number of hydrogen-bond acceptors (Lipinski definition) is 3. The molecule has 1 heterocycles. The van der Waals surface area contributed by atoms with Crippen LogP contribution in [-0.4, -0.2) is 12.2 Å². The lowest BCUT2D eigenvalue weighted by atomic mass is 10.1. The van der Waals surface area contributed by atoms with Crippen LogP contribution >= 0.6 is 0 Å². The zero-order valence-electron chi connectivity index (χ0n) is 10.8. The fourth-order valence-corrected chi connectivity index (χ4v) is 1.75. The number of benzene rings is 1. The van der Waals surface area contributed by atoms with E-state index in [9.17, 15) is 4.79 Å². The Kier molecular flexibility index (Phi) is 3.82. The maximum absolute atomic E-state index is 11.0. The van der Waals surface area contributed by atoms with E-state index in [0.717, 1.165) is 11.9 Å². The molecule has 1 amide bonds. The van der Waals surface area contributed by atoms with Crippen LogP contribution < -0.4 is 11.1 Å². The lowest BCUT2D eigenvalue weighted by molar-refractivity contribution is -0.114. The van der Waals surface area contributed by atoms with Gasteiger partial charge in [-0.05, 0) is 17.7 Å². The van der Waals surface area contributed by atoms with Crippen molar-refractivity contribution in [1.29, 1.82) is 0 Å². The van der Waals surface area contributed by atoms with E-state index in [1.54, 1.807) is 24.3 Å². The van der Waals surface area contributed by atoms with Crippen molar-refractivity contribution in [3.05, 3.63) is 41.9 Å². The van der Waals surface area contributed by atoms with Crippen molar-refractivity contribution in [2.45, 2.75) is 6.92 Å². The molecular weight excluding hydrogens is 256 g/mol. The van der Waals surface area contributed by atoms with E-state index < -0.39 is 0 Å². The summed E-state index contributed by atoms with van der Waals surface area (Å²) in [7, 11) is 0. The van der Waals surface area contributed by atoms with Crippen molar-refractivity contribution in [1.82, 2.24) is 0 Å². The Bertz CT molecular complexity index is 693. The van der Waals surface area contributed by atoms with Gasteiger partial charge in [-0.2, -0.15) is 0 Å². The van der Waals surface area contributed by atoms with E-state index >= 15 is 0 Å². The minimum atomic E-state index is -0.137. The van der Waals surface area contributed by atoms with Crippen molar-refractivity contribution in [2.24, 2.45) is 10.7 Å². The molecule has 6 nitrogen and oxygen atoms in total. The molecular formula is C14H12N4O2. The van der Waals surface area contributed by atoms with Gasteiger partial charge in [0.15, 0.2) is 0 Å². The Morgan fingerprint density at radius 2 is 2.15 bits per heavy atom. The smallest absolute Gasteiger partial charge is 0.258 e. The summed E-state index contributed by atoms with van der Waals surface area (Å²) in [4.78, 5) is 18.2. The van der Waals surface area contributed by atoms with Crippen LogP contribution in [0.4, 0.5) is 17.3 Å². The maximum Gasteiger partial charge on any atom is 0.258 e. The van der Waals surface area contributed by atoms with Crippen LogP contribution in [0, 0.1) is 6.57 Å². The highest BCUT2D eigenvalue weighted by molar-refractivity contribution is 5.90. The number of furan rings is 1. The fraction of sp³-hybridized carbons (Fsp3) is 0.0714. The Hall–Kier alpha value is -3.07. The van der Waals surface area contributed by atoms with Crippen molar-refractivity contribution < 1.29 is 9.21 Å². The number of nitrogens with zero attached hydrogens (tertiary/aromatic N) is 2. The molecule has 0 bridgehead atoms. The number of aliphatic imine (C=N–C) groups is 1. The molecule has 0 radical (unpaired) electrons. The highest BCUT2D eigenvalue weighted by Gasteiger charge is 2.14. The molecule has 0 saturated heterocycles. The highest BCUT2D eigenvalue weighted by atomic mass is 16.3. The molecule has 0 spiro atoms. The van der Waals surface area contributed by atoms with Gasteiger partial charge in [0, 0.05) is 18.2 Å². The SMILES string of the molecule is [C-]#[N+]c1c(-c2ccc(NC(C)=O)cc2)coc1/N=C/N. The van der Waals surface area contributed by atoms with Gasteiger partial charge >= 0.3 is 0 Å². The largest absolute Gasteiger partial charge is 0.457 e. The number of carbonyl (C=O) groups excluding carboxylic acids is 1. The molecule has 1 aromatic carbocycles. The molecule has 0 aliphatic heterocycles. The number of anilines is 1. The van der Waals surface area contributed by atoms with Crippen LogP contribution in [0.1, 0.15) is 6.92 Å². The number of amides is 1. The summed E-state index contributed by atoms with van der Waals surface area (Å²) in [6.45, 7) is 8.64. The van der Waals surface area contributed by atoms with Crippen LogP contribution in [0.3, 0.4) is 0 Å². The van der Waals surface area contributed by atoms with Crippen LogP contribution in [0.2, 0.25) is 0 Å². The van der Waals surface area contributed by atoms with Crippen molar-refractivity contribution in [2.75, 3.05) is 5.32 Å². The number of hydrogen-bond donors (Lipinski definition) is 2. The van der Waals surface area contributed by atoms with Gasteiger partial charge in [-0.25, -0.2) is 9.84 Å². The number of nitrogens with one attached hydrogen (secondary N) is 1. The van der Waals surface area contributed by atoms with Crippen molar-refractivity contribution >= 4 is 29.5 Å². The lowest BCUT2D eigenvalue weighted by Gasteiger charge is -2.03. The Labute approximate surface area is 115 Å². The fourth-order valence-electron chi connectivity index (χ4n) is 1.75. The van der Waals surface area contributed by atoms with Crippen molar-refractivity contribution in [3.8, 4) is 11.1 Å². The molecule has 6 heteroatoms. The number of rotatable bonds is 3. The van der Waals surface area contributed by atoms with Gasteiger partial charge in [-0.3, -0.25) is 4.79 Å². The first-order chi connectivity index (χ1) is 9.65. The average Bonchev–Trinajstić information content (AvgIpc) is 2.82. The second kappa shape index (κ2) is 5.71. The van der Waals surface area contributed by atoms with Gasteiger partial charge < -0.3 is 15.5 Å². The average molecular weight is 268 g/mol. The first-order valence-electron chi connectivity index (χ1n) is 5.77. The predicted octanol–water partition coefficient (Wildman–Crippen LogP) is 3.07. The third-order valence-electron chi connectivity index (χ3n) is 2.57. The predicted molar refractivity (Wildman–Crippen MR) is 77.0 cm³/mol. The normalized spacial score (nSPS) is 10.4. The van der Waals surface area contributed by atoms with E-state index in [1.165, 1.54) is 13.2 Å². The highest BCUT2D eigenvalue weighted by Crippen LogP contribution is 2.40. The molecule has 0 aliphatic rings. The first kappa shape index (κ1) is 13.4. The van der Waals surface area contributed by atoms with E-state index in [0.29, 0.717) is 16.9 Å². The van der Waals surface area contributed by atoms with Crippen LogP contribution in [-0.2, 0) is 4.79 Å².